The maximum absolute atomic E-state index is 9.13. The number of nitrogens with zero attached hydrogens (tertiary/aromatic N) is 3. The molecule has 0 amide bonds. The first-order valence-corrected chi connectivity index (χ1v) is 7.74. The molecule has 7 aliphatic rings. The van der Waals surface area contributed by atoms with Gasteiger partial charge in [-0.2, -0.15) is 0 Å². The van der Waals surface area contributed by atoms with Crippen molar-refractivity contribution in [3.63, 3.8) is 0 Å². The Labute approximate surface area is 108 Å². The first kappa shape index (κ1) is 10.1. The van der Waals surface area contributed by atoms with Gasteiger partial charge in [-0.15, -0.1) is 0 Å². The van der Waals surface area contributed by atoms with Gasteiger partial charge in [0.25, 0.3) is 0 Å². The first-order valence-electron chi connectivity index (χ1n) is 7.74. The van der Waals surface area contributed by atoms with E-state index in [4.69, 9.17) is 5.53 Å². The summed E-state index contributed by atoms with van der Waals surface area (Å²) >= 11 is 0. The molecule has 0 aromatic rings. The van der Waals surface area contributed by atoms with Crippen LogP contribution < -0.4 is 0 Å². The lowest BCUT2D eigenvalue weighted by atomic mass is 9.29. The van der Waals surface area contributed by atoms with Gasteiger partial charge in [-0.3, -0.25) is 0 Å². The van der Waals surface area contributed by atoms with E-state index in [9.17, 15) is 0 Å². The van der Waals surface area contributed by atoms with Crippen molar-refractivity contribution in [3.05, 3.63) is 10.4 Å². The number of azide groups is 1. The molecule has 7 saturated carbocycles. The Morgan fingerprint density at radius 1 is 1.00 bits per heavy atom. The summed E-state index contributed by atoms with van der Waals surface area (Å²) < 4.78 is 0. The highest BCUT2D eigenvalue weighted by Gasteiger charge is 2.74. The van der Waals surface area contributed by atoms with Crippen molar-refractivity contribution in [2.45, 2.75) is 51.0 Å². The van der Waals surface area contributed by atoms with Crippen LogP contribution in [0.15, 0.2) is 5.11 Å². The predicted molar refractivity (Wildman–Crippen MR) is 68.6 cm³/mol. The second-order valence-electron chi connectivity index (χ2n) is 8.15. The van der Waals surface area contributed by atoms with Gasteiger partial charge in [-0.05, 0) is 85.0 Å². The fraction of sp³-hybridized carbons (Fsp3) is 1.00. The van der Waals surface area contributed by atoms with E-state index in [1.54, 1.807) is 0 Å². The van der Waals surface area contributed by atoms with Gasteiger partial charge in [0, 0.05) is 4.91 Å². The lowest BCUT2D eigenvalue weighted by Crippen LogP contribution is -2.74. The number of rotatable bonds is 1. The van der Waals surface area contributed by atoms with Gasteiger partial charge in [-0.1, -0.05) is 12.0 Å². The molecule has 0 aliphatic heterocycles. The van der Waals surface area contributed by atoms with Gasteiger partial charge in [-0.25, -0.2) is 0 Å². The smallest absolute Gasteiger partial charge is 0.0578 e. The highest BCUT2D eigenvalue weighted by atomic mass is 15.2. The van der Waals surface area contributed by atoms with E-state index >= 15 is 0 Å². The van der Waals surface area contributed by atoms with Crippen LogP contribution in [0.5, 0.6) is 0 Å². The van der Waals surface area contributed by atoms with Gasteiger partial charge in [0.15, 0.2) is 0 Å². The molecule has 8 atom stereocenters. The van der Waals surface area contributed by atoms with Gasteiger partial charge in [0.2, 0.25) is 0 Å². The summed E-state index contributed by atoms with van der Waals surface area (Å²) in [6, 6.07) is 0. The average Bonchev–Trinajstić information content (AvgIpc) is 2.36. The topological polar surface area (TPSA) is 48.8 Å². The van der Waals surface area contributed by atoms with Crippen LogP contribution in [0, 0.1) is 40.9 Å². The van der Waals surface area contributed by atoms with Crippen molar-refractivity contribution in [2.24, 2.45) is 46.0 Å². The molecule has 0 radical (unpaired) electrons. The highest BCUT2D eigenvalue weighted by Crippen LogP contribution is 2.78. The first-order chi connectivity index (χ1) is 8.68. The molecule has 0 saturated heterocycles. The molecule has 0 heterocycles. The summed E-state index contributed by atoms with van der Waals surface area (Å²) in [5.41, 5.74) is 9.50. The van der Waals surface area contributed by atoms with E-state index in [2.05, 4.69) is 16.9 Å². The summed E-state index contributed by atoms with van der Waals surface area (Å²) in [6.07, 6.45) is 8.33. The molecule has 0 spiro atoms. The Morgan fingerprint density at radius 2 is 1.67 bits per heavy atom. The van der Waals surface area contributed by atoms with E-state index in [0.29, 0.717) is 5.41 Å². The zero-order valence-electron chi connectivity index (χ0n) is 11.0. The van der Waals surface area contributed by atoms with Crippen molar-refractivity contribution in [3.8, 4) is 0 Å². The molecule has 7 fully saturated rings. The molecule has 96 valence electrons. The van der Waals surface area contributed by atoms with Gasteiger partial charge >= 0.3 is 0 Å². The monoisotopic (exact) mass is 243 g/mol. The van der Waals surface area contributed by atoms with Crippen LogP contribution in [0.25, 0.3) is 10.4 Å². The minimum Gasteiger partial charge on any atom is -0.0864 e. The summed E-state index contributed by atoms with van der Waals surface area (Å²) in [6.45, 7) is 2.48. The molecule has 0 aromatic carbocycles. The van der Waals surface area contributed by atoms with Crippen LogP contribution in [0.4, 0.5) is 0 Å². The van der Waals surface area contributed by atoms with Crippen LogP contribution in [0.3, 0.4) is 0 Å². The normalized spacial score (nSPS) is 66.3. The van der Waals surface area contributed by atoms with Gasteiger partial charge < -0.3 is 0 Å². The van der Waals surface area contributed by atoms with Crippen LogP contribution in [-0.4, -0.2) is 5.54 Å². The zero-order valence-corrected chi connectivity index (χ0v) is 11.0. The Hall–Kier alpha value is -0.690. The lowest BCUT2D eigenvalue weighted by Gasteiger charge is -2.77. The standard InChI is InChI=1S/C15H21N3/c1-14-6-8-2-10-11-3-9(4-12(10)14)7-15(14,17-18-16)13(11)5-8/h8-13H,2-7H2,1H3. The van der Waals surface area contributed by atoms with Crippen molar-refractivity contribution < 1.29 is 0 Å². The van der Waals surface area contributed by atoms with Crippen molar-refractivity contribution in [1.29, 1.82) is 0 Å². The summed E-state index contributed by atoms with van der Waals surface area (Å²) in [5, 5.41) is 4.51. The van der Waals surface area contributed by atoms with E-state index < -0.39 is 0 Å². The minimum absolute atomic E-state index is 0.0195. The van der Waals surface area contributed by atoms with Crippen molar-refractivity contribution in [1.82, 2.24) is 0 Å². The van der Waals surface area contributed by atoms with Crippen molar-refractivity contribution >= 4 is 0 Å². The van der Waals surface area contributed by atoms with Crippen molar-refractivity contribution in [2.75, 3.05) is 0 Å². The number of hydrogen-bond acceptors (Lipinski definition) is 1. The molecule has 0 aromatic heterocycles. The zero-order chi connectivity index (χ0) is 12.1. The second-order valence-corrected chi connectivity index (χ2v) is 8.15. The summed E-state index contributed by atoms with van der Waals surface area (Å²) in [5.74, 6) is 5.36. The third-order valence-electron chi connectivity index (χ3n) is 7.93. The van der Waals surface area contributed by atoms with Crippen LogP contribution in [0.2, 0.25) is 0 Å². The quantitative estimate of drug-likeness (QED) is 0.377. The molecular formula is C15H21N3. The predicted octanol–water partition coefficient (Wildman–Crippen LogP) is 4.15. The van der Waals surface area contributed by atoms with E-state index in [0.717, 1.165) is 35.5 Å². The average molecular weight is 243 g/mol. The van der Waals surface area contributed by atoms with E-state index in [1.165, 1.54) is 38.5 Å². The summed E-state index contributed by atoms with van der Waals surface area (Å²) in [4.78, 5) is 3.32. The molecule has 8 bridgehead atoms. The molecule has 8 unspecified atom stereocenters. The molecule has 7 aliphatic carbocycles. The Kier molecular flexibility index (Phi) is 1.55. The Balaban J connectivity index is 1.78. The maximum atomic E-state index is 9.13. The van der Waals surface area contributed by atoms with Crippen LogP contribution >= 0.6 is 0 Å². The SMILES string of the molecule is CC12CC3CC4C5CC(CC41)CC2(N=[N+]=[N-])C5C3. The summed E-state index contributed by atoms with van der Waals surface area (Å²) in [7, 11) is 0. The molecular weight excluding hydrogens is 222 g/mol. The third kappa shape index (κ3) is 0.807. The second kappa shape index (κ2) is 2.75. The fourth-order valence-electron chi connectivity index (χ4n) is 7.73. The minimum atomic E-state index is 0.0195. The largest absolute Gasteiger partial charge is 0.0864 e. The van der Waals surface area contributed by atoms with E-state index in [-0.39, 0.29) is 5.54 Å². The lowest BCUT2D eigenvalue weighted by molar-refractivity contribution is -0.259. The molecule has 3 nitrogen and oxygen atoms in total. The van der Waals surface area contributed by atoms with Crippen LogP contribution in [0.1, 0.15) is 45.4 Å². The van der Waals surface area contributed by atoms with Crippen LogP contribution in [-0.2, 0) is 0 Å². The number of hydrogen-bond donors (Lipinski definition) is 0. The highest BCUT2D eigenvalue weighted by molar-refractivity contribution is 5.27. The third-order valence-corrected chi connectivity index (χ3v) is 7.93. The fourth-order valence-corrected chi connectivity index (χ4v) is 7.73. The molecule has 3 heteroatoms. The van der Waals surface area contributed by atoms with E-state index in [1.807, 2.05) is 0 Å². The molecule has 18 heavy (non-hydrogen) atoms. The van der Waals surface area contributed by atoms with Gasteiger partial charge in [0.1, 0.15) is 0 Å². The Morgan fingerprint density at radius 3 is 2.44 bits per heavy atom. The Bertz CT molecular complexity index is 482. The molecule has 0 N–H and O–H groups in total. The molecule has 7 rings (SSSR count). The van der Waals surface area contributed by atoms with Gasteiger partial charge in [0.05, 0.1) is 5.54 Å². The maximum Gasteiger partial charge on any atom is 0.0578 e.